The highest BCUT2D eigenvalue weighted by Gasteiger charge is 2.36. The molecule has 0 saturated carbocycles. The summed E-state index contributed by atoms with van der Waals surface area (Å²) < 4.78 is 1.76. The number of amides is 4. The number of halogens is 1. The molecule has 1 aromatic carbocycles. The molecule has 7 heteroatoms. The maximum atomic E-state index is 12.6. The lowest BCUT2D eigenvalue weighted by atomic mass is 10.1. The zero-order valence-corrected chi connectivity index (χ0v) is 12.9. The van der Waals surface area contributed by atoms with E-state index < -0.39 is 17.8 Å². The monoisotopic (exact) mass is 329 g/mol. The standard InChI is InChI=1S/C16H12ClN3O3/c1-19-8-2-3-12(19)9-13-14(21)18-16(23)20(15(13)22)11-6-4-10(17)5-7-11/h2-9H,1H3,(H,18,21,23). The van der Waals surface area contributed by atoms with E-state index in [9.17, 15) is 14.4 Å². The molecule has 0 bridgehead atoms. The van der Waals surface area contributed by atoms with Gasteiger partial charge in [-0.05, 0) is 42.5 Å². The lowest BCUT2D eigenvalue weighted by Crippen LogP contribution is -2.54. The Labute approximate surface area is 136 Å². The van der Waals surface area contributed by atoms with Gasteiger partial charge < -0.3 is 4.57 Å². The van der Waals surface area contributed by atoms with Crippen LogP contribution in [0.3, 0.4) is 0 Å². The molecule has 0 radical (unpaired) electrons. The van der Waals surface area contributed by atoms with Gasteiger partial charge in [-0.25, -0.2) is 9.69 Å². The van der Waals surface area contributed by atoms with Gasteiger partial charge in [0.15, 0.2) is 0 Å². The molecule has 0 aliphatic carbocycles. The van der Waals surface area contributed by atoms with E-state index in [1.807, 2.05) is 0 Å². The second-order valence-electron chi connectivity index (χ2n) is 4.98. The summed E-state index contributed by atoms with van der Waals surface area (Å²) in [7, 11) is 1.79. The lowest BCUT2D eigenvalue weighted by molar-refractivity contribution is -0.122. The van der Waals surface area contributed by atoms with Crippen LogP contribution in [0.5, 0.6) is 0 Å². The van der Waals surface area contributed by atoms with Crippen molar-refractivity contribution >= 4 is 41.2 Å². The number of benzene rings is 1. The van der Waals surface area contributed by atoms with Crippen LogP contribution in [0.15, 0.2) is 48.2 Å². The second-order valence-corrected chi connectivity index (χ2v) is 5.41. The second kappa shape index (κ2) is 5.73. The summed E-state index contributed by atoms with van der Waals surface area (Å²) >= 11 is 5.82. The fourth-order valence-electron chi connectivity index (χ4n) is 2.25. The van der Waals surface area contributed by atoms with Crippen molar-refractivity contribution in [1.82, 2.24) is 9.88 Å². The molecule has 0 spiro atoms. The maximum Gasteiger partial charge on any atom is 0.335 e. The summed E-state index contributed by atoms with van der Waals surface area (Å²) in [6.07, 6.45) is 3.24. The summed E-state index contributed by atoms with van der Waals surface area (Å²) in [6.45, 7) is 0. The van der Waals surface area contributed by atoms with E-state index in [0.29, 0.717) is 16.4 Å². The van der Waals surface area contributed by atoms with E-state index in [2.05, 4.69) is 5.32 Å². The number of aromatic nitrogens is 1. The predicted octanol–water partition coefficient (Wildman–Crippen LogP) is 2.34. The van der Waals surface area contributed by atoms with Crippen molar-refractivity contribution in [3.8, 4) is 0 Å². The third-order valence-electron chi connectivity index (χ3n) is 3.46. The SMILES string of the molecule is Cn1cccc1C=C1C(=O)NC(=O)N(c2ccc(Cl)cc2)C1=O. The number of aryl methyl sites for hydroxylation is 1. The third kappa shape index (κ3) is 2.76. The number of carbonyl (C=O) groups excluding carboxylic acids is 3. The van der Waals surface area contributed by atoms with Gasteiger partial charge in [0.2, 0.25) is 0 Å². The fourth-order valence-corrected chi connectivity index (χ4v) is 2.38. The first-order valence-electron chi connectivity index (χ1n) is 6.76. The summed E-state index contributed by atoms with van der Waals surface area (Å²) in [5, 5.41) is 2.65. The molecule has 0 unspecified atom stereocenters. The highest BCUT2D eigenvalue weighted by Crippen LogP contribution is 2.23. The Morgan fingerprint density at radius 3 is 2.39 bits per heavy atom. The first kappa shape index (κ1) is 15.1. The van der Waals surface area contributed by atoms with E-state index in [1.54, 1.807) is 42.1 Å². The smallest absolute Gasteiger partial charge is 0.335 e. The number of urea groups is 1. The third-order valence-corrected chi connectivity index (χ3v) is 3.71. The first-order valence-corrected chi connectivity index (χ1v) is 7.13. The van der Waals surface area contributed by atoms with Gasteiger partial charge in [0, 0.05) is 24.0 Å². The van der Waals surface area contributed by atoms with Gasteiger partial charge in [-0.3, -0.25) is 14.9 Å². The largest absolute Gasteiger partial charge is 0.351 e. The average molecular weight is 330 g/mol. The molecular weight excluding hydrogens is 318 g/mol. The molecule has 3 rings (SSSR count). The van der Waals surface area contributed by atoms with E-state index in [1.165, 1.54) is 18.2 Å². The zero-order valence-electron chi connectivity index (χ0n) is 12.1. The fraction of sp³-hybridized carbons (Fsp3) is 0.0625. The molecular formula is C16H12ClN3O3. The van der Waals surface area contributed by atoms with Crippen LogP contribution < -0.4 is 10.2 Å². The normalized spacial score (nSPS) is 16.9. The highest BCUT2D eigenvalue weighted by atomic mass is 35.5. The van der Waals surface area contributed by atoms with Crippen molar-refractivity contribution in [2.75, 3.05) is 4.90 Å². The number of rotatable bonds is 2. The van der Waals surface area contributed by atoms with E-state index >= 15 is 0 Å². The van der Waals surface area contributed by atoms with Gasteiger partial charge in [0.25, 0.3) is 11.8 Å². The average Bonchev–Trinajstić information content (AvgIpc) is 2.90. The van der Waals surface area contributed by atoms with Crippen molar-refractivity contribution < 1.29 is 14.4 Å². The van der Waals surface area contributed by atoms with Crippen molar-refractivity contribution in [3.05, 3.63) is 58.9 Å². The van der Waals surface area contributed by atoms with Crippen LogP contribution in [0.25, 0.3) is 6.08 Å². The molecule has 1 aliphatic heterocycles. The minimum Gasteiger partial charge on any atom is -0.351 e. The number of barbiturate groups is 1. The Balaban J connectivity index is 2.02. The summed E-state index contributed by atoms with van der Waals surface area (Å²) in [6, 6.07) is 8.97. The molecule has 116 valence electrons. The van der Waals surface area contributed by atoms with Gasteiger partial charge in [-0.2, -0.15) is 0 Å². The van der Waals surface area contributed by atoms with Crippen LogP contribution in [0.1, 0.15) is 5.69 Å². The Hall–Kier alpha value is -2.86. The molecule has 2 heterocycles. The summed E-state index contributed by atoms with van der Waals surface area (Å²) in [4.78, 5) is 37.5. The number of nitrogens with zero attached hydrogens (tertiary/aromatic N) is 2. The minimum atomic E-state index is -0.786. The quantitative estimate of drug-likeness (QED) is 0.679. The van der Waals surface area contributed by atoms with Crippen LogP contribution >= 0.6 is 11.6 Å². The molecule has 1 aliphatic rings. The summed E-state index contributed by atoms with van der Waals surface area (Å²) in [5.74, 6) is -1.39. The molecule has 1 N–H and O–H groups in total. The van der Waals surface area contributed by atoms with Gasteiger partial charge in [-0.1, -0.05) is 11.6 Å². The zero-order chi connectivity index (χ0) is 16.6. The van der Waals surface area contributed by atoms with Crippen molar-refractivity contribution in [2.45, 2.75) is 0 Å². The topological polar surface area (TPSA) is 71.4 Å². The molecule has 0 atom stereocenters. The van der Waals surface area contributed by atoms with Gasteiger partial charge >= 0.3 is 6.03 Å². The van der Waals surface area contributed by atoms with Crippen molar-refractivity contribution in [1.29, 1.82) is 0 Å². The van der Waals surface area contributed by atoms with Crippen LogP contribution in [-0.2, 0) is 16.6 Å². The molecule has 2 aromatic rings. The number of hydrogen-bond acceptors (Lipinski definition) is 3. The molecule has 1 fully saturated rings. The van der Waals surface area contributed by atoms with Crippen LogP contribution in [0, 0.1) is 0 Å². The van der Waals surface area contributed by atoms with E-state index in [0.717, 1.165) is 4.90 Å². The first-order chi connectivity index (χ1) is 11.0. The van der Waals surface area contributed by atoms with Crippen LogP contribution in [0.4, 0.5) is 10.5 Å². The Morgan fingerprint density at radius 1 is 1.09 bits per heavy atom. The molecule has 4 amide bonds. The van der Waals surface area contributed by atoms with Gasteiger partial charge in [0.1, 0.15) is 5.57 Å². The molecule has 1 aromatic heterocycles. The van der Waals surface area contributed by atoms with E-state index in [4.69, 9.17) is 11.6 Å². The van der Waals surface area contributed by atoms with Crippen LogP contribution in [-0.4, -0.2) is 22.4 Å². The molecule has 23 heavy (non-hydrogen) atoms. The highest BCUT2D eigenvalue weighted by molar-refractivity contribution is 6.39. The molecule has 1 saturated heterocycles. The number of imide groups is 2. The number of carbonyl (C=O) groups is 3. The number of nitrogens with one attached hydrogen (secondary N) is 1. The van der Waals surface area contributed by atoms with Gasteiger partial charge in [-0.15, -0.1) is 0 Å². The number of anilines is 1. The predicted molar refractivity (Wildman–Crippen MR) is 85.9 cm³/mol. The Morgan fingerprint density at radius 2 is 1.78 bits per heavy atom. The maximum absolute atomic E-state index is 12.6. The minimum absolute atomic E-state index is 0.110. The summed E-state index contributed by atoms with van der Waals surface area (Å²) in [5.41, 5.74) is 0.900. The number of hydrogen-bond donors (Lipinski definition) is 1. The van der Waals surface area contributed by atoms with Gasteiger partial charge in [0.05, 0.1) is 5.69 Å². The molecule has 6 nitrogen and oxygen atoms in total. The van der Waals surface area contributed by atoms with Crippen molar-refractivity contribution in [3.63, 3.8) is 0 Å². The Bertz CT molecular complexity index is 837. The van der Waals surface area contributed by atoms with Crippen molar-refractivity contribution in [2.24, 2.45) is 7.05 Å². The lowest BCUT2D eigenvalue weighted by Gasteiger charge is -2.26. The Kier molecular flexibility index (Phi) is 3.75. The van der Waals surface area contributed by atoms with Crippen LogP contribution in [0.2, 0.25) is 5.02 Å². The van der Waals surface area contributed by atoms with E-state index in [-0.39, 0.29) is 5.57 Å².